The molecule has 230 valence electrons. The van der Waals surface area contributed by atoms with E-state index in [9.17, 15) is 24.1 Å². The van der Waals surface area contributed by atoms with Gasteiger partial charge in [0.15, 0.2) is 4.80 Å². The number of nitro groups is 1. The van der Waals surface area contributed by atoms with Gasteiger partial charge in [0.1, 0.15) is 5.82 Å². The Labute approximate surface area is 261 Å². The van der Waals surface area contributed by atoms with Crippen molar-refractivity contribution in [2.75, 3.05) is 44.7 Å². The first-order chi connectivity index (χ1) is 21.7. The fraction of sp³-hybridized carbons (Fsp3) is 0.242. The lowest BCUT2D eigenvalue weighted by molar-refractivity contribution is -0.880. The first-order valence-electron chi connectivity index (χ1n) is 14.6. The van der Waals surface area contributed by atoms with Gasteiger partial charge in [-0.3, -0.25) is 19.5 Å². The first kappa shape index (κ1) is 30.1. The van der Waals surface area contributed by atoms with Crippen molar-refractivity contribution in [3.8, 4) is 0 Å². The SMILES string of the molecule is CCOC(=O)C1=C(c2ccccc2)N=c2s/c(=C/c3cc([N+](=O)[O-])ccc3N3CC[NH+](C)CC3)c(=O)n2[C@H]1c1ccc(F)cc1. The summed E-state index contributed by atoms with van der Waals surface area (Å²) in [6.07, 6.45) is 1.66. The Hall–Kier alpha value is -4.94. The fourth-order valence-electron chi connectivity index (χ4n) is 5.73. The van der Waals surface area contributed by atoms with E-state index in [4.69, 9.17) is 9.73 Å². The Morgan fingerprint density at radius 1 is 1.13 bits per heavy atom. The van der Waals surface area contributed by atoms with Gasteiger partial charge < -0.3 is 14.5 Å². The normalized spacial score (nSPS) is 17.2. The fourth-order valence-corrected chi connectivity index (χ4v) is 6.72. The van der Waals surface area contributed by atoms with Crippen molar-refractivity contribution < 1.29 is 23.7 Å². The van der Waals surface area contributed by atoms with Gasteiger partial charge in [-0.2, -0.15) is 0 Å². The van der Waals surface area contributed by atoms with Gasteiger partial charge in [-0.05, 0) is 36.8 Å². The van der Waals surface area contributed by atoms with Crippen LogP contribution in [0.15, 0.2) is 88.2 Å². The first-order valence-corrected chi connectivity index (χ1v) is 15.5. The molecule has 1 aromatic heterocycles. The number of likely N-dealkylation sites (N-methyl/N-ethyl adjacent to an activating group) is 1. The minimum absolute atomic E-state index is 0.0855. The van der Waals surface area contributed by atoms with Crippen LogP contribution in [-0.2, 0) is 9.53 Å². The van der Waals surface area contributed by atoms with Gasteiger partial charge in [0, 0.05) is 28.9 Å². The van der Waals surface area contributed by atoms with E-state index in [1.54, 1.807) is 31.2 Å². The summed E-state index contributed by atoms with van der Waals surface area (Å²) in [4.78, 5) is 47.9. The van der Waals surface area contributed by atoms with Gasteiger partial charge in [0.05, 0.1) is 66.6 Å². The molecule has 3 heterocycles. The van der Waals surface area contributed by atoms with Crippen LogP contribution in [0.4, 0.5) is 15.8 Å². The maximum absolute atomic E-state index is 14.3. The quantitative estimate of drug-likeness (QED) is 0.191. The number of rotatable bonds is 7. The molecule has 0 radical (unpaired) electrons. The van der Waals surface area contributed by atoms with E-state index in [1.165, 1.54) is 33.7 Å². The van der Waals surface area contributed by atoms with E-state index in [0.29, 0.717) is 31.7 Å². The lowest BCUT2D eigenvalue weighted by Gasteiger charge is -2.32. The molecule has 1 atom stereocenters. The lowest BCUT2D eigenvalue weighted by Crippen LogP contribution is -3.12. The third kappa shape index (κ3) is 5.94. The van der Waals surface area contributed by atoms with Crippen molar-refractivity contribution >= 4 is 40.5 Å². The van der Waals surface area contributed by atoms with Crippen LogP contribution in [0.2, 0.25) is 0 Å². The van der Waals surface area contributed by atoms with Crippen LogP contribution in [-0.4, -0.2) is 55.3 Å². The summed E-state index contributed by atoms with van der Waals surface area (Å²) in [6, 6.07) is 18.5. The summed E-state index contributed by atoms with van der Waals surface area (Å²) in [7, 11) is 2.13. The number of hydrogen-bond donors (Lipinski definition) is 1. The number of halogens is 1. The molecule has 0 spiro atoms. The number of nitro benzene ring substituents is 1. The number of hydrogen-bond acceptors (Lipinski definition) is 8. The minimum atomic E-state index is -0.955. The minimum Gasteiger partial charge on any atom is -0.463 e. The summed E-state index contributed by atoms with van der Waals surface area (Å²) in [5.41, 5.74) is 2.50. The van der Waals surface area contributed by atoms with Crippen molar-refractivity contribution in [3.63, 3.8) is 0 Å². The number of carbonyl (C=O) groups is 1. The number of carbonyl (C=O) groups excluding carboxylic acids is 1. The zero-order chi connectivity index (χ0) is 31.7. The highest BCUT2D eigenvalue weighted by atomic mass is 32.1. The molecule has 2 aliphatic heterocycles. The maximum atomic E-state index is 14.3. The van der Waals surface area contributed by atoms with E-state index in [2.05, 4.69) is 11.9 Å². The van der Waals surface area contributed by atoms with Crippen molar-refractivity contribution in [2.45, 2.75) is 13.0 Å². The van der Waals surface area contributed by atoms with E-state index < -0.39 is 28.3 Å². The number of nitrogens with zero attached hydrogens (tertiary/aromatic N) is 4. The molecule has 1 saturated heterocycles. The highest BCUT2D eigenvalue weighted by molar-refractivity contribution is 7.07. The average molecular weight is 629 g/mol. The van der Waals surface area contributed by atoms with Gasteiger partial charge in [-0.15, -0.1) is 0 Å². The number of fused-ring (bicyclic) bond motifs is 1. The molecule has 12 heteroatoms. The van der Waals surface area contributed by atoms with E-state index in [-0.39, 0.29) is 17.9 Å². The van der Waals surface area contributed by atoms with Crippen molar-refractivity contribution in [1.82, 2.24) is 4.57 Å². The highest BCUT2D eigenvalue weighted by Crippen LogP contribution is 2.35. The zero-order valence-corrected chi connectivity index (χ0v) is 25.6. The molecule has 0 unspecified atom stereocenters. The standard InChI is InChI=1S/C33H30FN5O5S/c1-3-44-32(41)28-29(21-7-5-4-6-8-21)35-33-38(30(28)22-9-11-24(34)12-10-22)31(40)27(45-33)20-23-19-25(39(42)43)13-14-26(23)37-17-15-36(2)16-18-37/h4-14,19-20,30H,3,15-18H2,1-2H3/p+1/b27-20+/t30-/m0/s1. The molecular weight excluding hydrogens is 597 g/mol. The Kier molecular flexibility index (Phi) is 8.42. The van der Waals surface area contributed by atoms with Crippen molar-refractivity contribution in [2.24, 2.45) is 4.99 Å². The van der Waals surface area contributed by atoms with Gasteiger partial charge in [-0.25, -0.2) is 14.2 Å². The number of thiazole rings is 1. The van der Waals surface area contributed by atoms with Gasteiger partial charge in [0.2, 0.25) is 0 Å². The van der Waals surface area contributed by atoms with Crippen LogP contribution in [0.25, 0.3) is 11.8 Å². The summed E-state index contributed by atoms with van der Waals surface area (Å²) in [5, 5.41) is 11.7. The third-order valence-corrected chi connectivity index (χ3v) is 9.01. The molecular formula is C33H31FN5O5S+. The van der Waals surface area contributed by atoms with Crippen LogP contribution in [0.1, 0.15) is 29.7 Å². The van der Waals surface area contributed by atoms with Crippen molar-refractivity contribution in [3.05, 3.63) is 131 Å². The number of non-ortho nitro benzene ring substituents is 1. The lowest BCUT2D eigenvalue weighted by atomic mass is 9.93. The van der Waals surface area contributed by atoms with Crippen LogP contribution in [0, 0.1) is 15.9 Å². The molecule has 4 aromatic rings. The molecule has 0 aliphatic carbocycles. The molecule has 3 aromatic carbocycles. The average Bonchev–Trinajstić information content (AvgIpc) is 3.35. The Morgan fingerprint density at radius 2 is 1.84 bits per heavy atom. The number of piperazine rings is 1. The van der Waals surface area contributed by atoms with E-state index in [0.717, 1.165) is 43.2 Å². The van der Waals surface area contributed by atoms with Crippen molar-refractivity contribution in [1.29, 1.82) is 0 Å². The highest BCUT2D eigenvalue weighted by Gasteiger charge is 2.35. The van der Waals surface area contributed by atoms with Crippen LogP contribution < -0.4 is 24.7 Å². The van der Waals surface area contributed by atoms with Gasteiger partial charge >= 0.3 is 5.97 Å². The zero-order valence-electron chi connectivity index (χ0n) is 24.7. The molecule has 0 bridgehead atoms. The Balaban J connectivity index is 1.60. The van der Waals surface area contributed by atoms with E-state index in [1.807, 2.05) is 30.3 Å². The second-order valence-electron chi connectivity index (χ2n) is 10.9. The summed E-state index contributed by atoms with van der Waals surface area (Å²) in [5.74, 6) is -1.10. The molecule has 6 rings (SSSR count). The number of aromatic nitrogens is 1. The molecule has 45 heavy (non-hydrogen) atoms. The van der Waals surface area contributed by atoms with Crippen LogP contribution in [0.3, 0.4) is 0 Å². The Bertz CT molecular complexity index is 1980. The van der Waals surface area contributed by atoms with Gasteiger partial charge in [-0.1, -0.05) is 53.8 Å². The summed E-state index contributed by atoms with van der Waals surface area (Å²) >= 11 is 1.13. The number of ether oxygens (including phenoxy) is 1. The second-order valence-corrected chi connectivity index (χ2v) is 11.9. The molecule has 2 aliphatic rings. The van der Waals surface area contributed by atoms with Crippen LogP contribution in [0.5, 0.6) is 0 Å². The predicted octanol–water partition coefficient (Wildman–Crippen LogP) is 2.32. The summed E-state index contributed by atoms with van der Waals surface area (Å²) in [6.45, 7) is 5.15. The topological polar surface area (TPSA) is 111 Å². The Morgan fingerprint density at radius 3 is 2.51 bits per heavy atom. The monoisotopic (exact) mass is 628 g/mol. The molecule has 1 fully saturated rings. The molecule has 0 saturated carbocycles. The van der Waals surface area contributed by atoms with E-state index >= 15 is 0 Å². The van der Waals surface area contributed by atoms with Gasteiger partial charge in [0.25, 0.3) is 11.2 Å². The smallest absolute Gasteiger partial charge is 0.338 e. The number of esters is 1. The third-order valence-electron chi connectivity index (χ3n) is 8.03. The number of anilines is 1. The number of benzene rings is 3. The molecule has 10 nitrogen and oxygen atoms in total. The largest absolute Gasteiger partial charge is 0.463 e. The van der Waals surface area contributed by atoms with Crippen LogP contribution >= 0.6 is 11.3 Å². The summed E-state index contributed by atoms with van der Waals surface area (Å²) < 4.78 is 21.2. The second kappa shape index (κ2) is 12.6. The predicted molar refractivity (Wildman–Crippen MR) is 169 cm³/mol. The maximum Gasteiger partial charge on any atom is 0.338 e. The number of nitrogens with one attached hydrogen (secondary N) is 1. The molecule has 1 N–H and O–H groups in total. The number of quaternary nitrogens is 1. The molecule has 0 amide bonds.